The van der Waals surface area contributed by atoms with Crippen molar-refractivity contribution in [1.82, 2.24) is 4.98 Å². The summed E-state index contributed by atoms with van der Waals surface area (Å²) in [5.41, 5.74) is 5.17. The number of pyridine rings is 1. The Labute approximate surface area is 182 Å². The van der Waals surface area contributed by atoms with Gasteiger partial charge in [-0.2, -0.15) is 0 Å². The van der Waals surface area contributed by atoms with E-state index < -0.39 is 53.7 Å². The molecule has 0 radical (unpaired) electrons. The average molecular weight is 456 g/mol. The number of nitrogens with two attached hydrogens (primary N) is 1. The van der Waals surface area contributed by atoms with E-state index in [2.05, 4.69) is 4.98 Å². The van der Waals surface area contributed by atoms with E-state index >= 15 is 0 Å². The van der Waals surface area contributed by atoms with Crippen LogP contribution in [0.5, 0.6) is 0 Å². The first kappa shape index (κ1) is 24.4. The van der Waals surface area contributed by atoms with Crippen LogP contribution in [-0.4, -0.2) is 65.3 Å². The number of carbonyl (C=O) groups is 4. The van der Waals surface area contributed by atoms with Crippen LogP contribution < -0.4 is 5.73 Å². The van der Waals surface area contributed by atoms with Crippen molar-refractivity contribution in [2.24, 2.45) is 0 Å². The summed E-state index contributed by atoms with van der Waals surface area (Å²) < 4.78 is 27.1. The van der Waals surface area contributed by atoms with Gasteiger partial charge in [-0.3, -0.25) is 19.2 Å². The number of thioether (sulfide) groups is 1. The normalized spacial score (nSPS) is 25.2. The Morgan fingerprint density at radius 3 is 2.03 bits per heavy atom. The second kappa shape index (κ2) is 11.0. The van der Waals surface area contributed by atoms with Crippen molar-refractivity contribution in [3.63, 3.8) is 0 Å². The molecule has 0 aliphatic carbocycles. The highest BCUT2D eigenvalue weighted by Gasteiger charge is 2.52. The summed E-state index contributed by atoms with van der Waals surface area (Å²) in [5.74, 6) is -2.63. The van der Waals surface area contributed by atoms with Gasteiger partial charge in [-0.15, -0.1) is 0 Å². The smallest absolute Gasteiger partial charge is 0.303 e. The third-order valence-corrected chi connectivity index (χ3v) is 5.04. The standard InChI is InChI=1S/C19H24N2O9S/c1-9(22)26-8-14-16(27-10(2)23)17(28-11(3)24)18(29-12(4)25)19(30-14)31-15-6-5-13(20)7-21-15/h5-7,14,16-19H,8,20H2,1-4H3/t14-,16+,17+,18-,19+/m1/s1. The van der Waals surface area contributed by atoms with Gasteiger partial charge in [-0.1, -0.05) is 11.8 Å². The van der Waals surface area contributed by atoms with Gasteiger partial charge in [0.1, 0.15) is 12.7 Å². The Bertz CT molecular complexity index is 817. The maximum atomic E-state index is 11.8. The zero-order chi connectivity index (χ0) is 23.1. The fourth-order valence-corrected chi connectivity index (χ4v) is 3.91. The van der Waals surface area contributed by atoms with Gasteiger partial charge in [0.2, 0.25) is 0 Å². The number of aromatic nitrogens is 1. The minimum absolute atomic E-state index is 0.288. The number of esters is 4. The maximum Gasteiger partial charge on any atom is 0.303 e. The number of carbonyl (C=O) groups excluding carboxylic acids is 4. The van der Waals surface area contributed by atoms with Crippen LogP contribution in [0.3, 0.4) is 0 Å². The highest BCUT2D eigenvalue weighted by Crippen LogP contribution is 2.37. The Kier molecular flexibility index (Phi) is 8.63. The lowest BCUT2D eigenvalue weighted by Crippen LogP contribution is -2.61. The van der Waals surface area contributed by atoms with Gasteiger partial charge in [0, 0.05) is 27.7 Å². The predicted octanol–water partition coefficient (Wildman–Crippen LogP) is 0.839. The van der Waals surface area contributed by atoms with Crippen LogP contribution >= 0.6 is 11.8 Å². The molecule has 1 fully saturated rings. The first-order valence-electron chi connectivity index (χ1n) is 9.25. The molecule has 11 nitrogen and oxygen atoms in total. The fraction of sp³-hybridized carbons (Fsp3) is 0.526. The Balaban J connectivity index is 2.43. The van der Waals surface area contributed by atoms with Crippen LogP contribution in [0.15, 0.2) is 23.4 Å². The molecule has 1 saturated heterocycles. The van der Waals surface area contributed by atoms with E-state index in [9.17, 15) is 19.2 Å². The summed E-state index contributed by atoms with van der Waals surface area (Å²) in [7, 11) is 0. The van der Waals surface area contributed by atoms with Crippen molar-refractivity contribution >= 4 is 41.3 Å². The van der Waals surface area contributed by atoms with Crippen molar-refractivity contribution < 1.29 is 42.9 Å². The average Bonchev–Trinajstić information content (AvgIpc) is 2.65. The van der Waals surface area contributed by atoms with Crippen LogP contribution in [0.25, 0.3) is 0 Å². The Morgan fingerprint density at radius 1 is 0.935 bits per heavy atom. The maximum absolute atomic E-state index is 11.8. The molecule has 1 aliphatic heterocycles. The van der Waals surface area contributed by atoms with Gasteiger partial charge < -0.3 is 29.4 Å². The van der Waals surface area contributed by atoms with Gasteiger partial charge in [0.15, 0.2) is 23.7 Å². The number of hydrogen-bond acceptors (Lipinski definition) is 12. The lowest BCUT2D eigenvalue weighted by molar-refractivity contribution is -0.237. The number of nitrogens with zero attached hydrogens (tertiary/aromatic N) is 1. The van der Waals surface area contributed by atoms with E-state index in [0.29, 0.717) is 10.7 Å². The SMILES string of the molecule is CC(=O)OC[C@H]1O[C@@H](Sc2ccc(N)cn2)[C@H](OC(C)=O)[C@@H](OC(C)=O)[C@H]1OC(C)=O. The lowest BCUT2D eigenvalue weighted by atomic mass is 9.99. The molecule has 0 spiro atoms. The van der Waals surface area contributed by atoms with Gasteiger partial charge in [-0.05, 0) is 12.1 Å². The van der Waals surface area contributed by atoms with Crippen molar-refractivity contribution in [2.45, 2.75) is 62.6 Å². The number of rotatable bonds is 7. The minimum Gasteiger partial charge on any atom is -0.463 e. The fourth-order valence-electron chi connectivity index (χ4n) is 2.86. The van der Waals surface area contributed by atoms with Crippen LogP contribution in [0, 0.1) is 0 Å². The third-order valence-electron chi connectivity index (χ3n) is 3.94. The first-order chi connectivity index (χ1) is 14.6. The van der Waals surface area contributed by atoms with E-state index in [1.54, 1.807) is 12.1 Å². The number of nitrogen functional groups attached to an aromatic ring is 1. The highest BCUT2D eigenvalue weighted by molar-refractivity contribution is 7.99. The van der Waals surface area contributed by atoms with Crippen molar-refractivity contribution in [3.05, 3.63) is 18.3 Å². The summed E-state index contributed by atoms with van der Waals surface area (Å²) in [4.78, 5) is 50.8. The summed E-state index contributed by atoms with van der Waals surface area (Å²) in [6, 6.07) is 3.26. The van der Waals surface area contributed by atoms with E-state index in [4.69, 9.17) is 29.4 Å². The van der Waals surface area contributed by atoms with Gasteiger partial charge >= 0.3 is 23.9 Å². The molecule has 0 bridgehead atoms. The molecule has 12 heteroatoms. The molecule has 0 unspecified atom stereocenters. The Hall–Kier alpha value is -2.86. The molecule has 2 rings (SSSR count). The van der Waals surface area contributed by atoms with Gasteiger partial charge in [0.25, 0.3) is 0 Å². The van der Waals surface area contributed by atoms with Crippen molar-refractivity contribution in [1.29, 1.82) is 0 Å². The molecule has 0 saturated carbocycles. The van der Waals surface area contributed by atoms with E-state index in [0.717, 1.165) is 25.6 Å². The molecular formula is C19H24N2O9S. The minimum atomic E-state index is -1.22. The van der Waals surface area contributed by atoms with E-state index in [1.807, 2.05) is 0 Å². The second-order valence-electron chi connectivity index (χ2n) is 6.62. The summed E-state index contributed by atoms with van der Waals surface area (Å²) >= 11 is 1.07. The topological polar surface area (TPSA) is 153 Å². The lowest BCUT2D eigenvalue weighted by Gasteiger charge is -2.44. The zero-order valence-electron chi connectivity index (χ0n) is 17.4. The van der Waals surface area contributed by atoms with Crippen molar-refractivity contribution in [3.8, 4) is 0 Å². The summed E-state index contributed by atoms with van der Waals surface area (Å²) in [6.45, 7) is 4.42. The quantitative estimate of drug-likeness (QED) is 0.457. The largest absolute Gasteiger partial charge is 0.463 e. The molecule has 1 aromatic heterocycles. The summed E-state index contributed by atoms with van der Waals surface area (Å²) in [6.07, 6.45) is -3.13. The molecule has 0 amide bonds. The Morgan fingerprint density at radius 2 is 1.52 bits per heavy atom. The molecule has 2 N–H and O–H groups in total. The highest BCUT2D eigenvalue weighted by atomic mass is 32.2. The predicted molar refractivity (Wildman–Crippen MR) is 106 cm³/mol. The van der Waals surface area contributed by atoms with Crippen LogP contribution in [0.1, 0.15) is 27.7 Å². The van der Waals surface area contributed by atoms with E-state index in [1.165, 1.54) is 20.0 Å². The number of hydrogen-bond donors (Lipinski definition) is 1. The monoisotopic (exact) mass is 456 g/mol. The second-order valence-corrected chi connectivity index (χ2v) is 7.73. The van der Waals surface area contributed by atoms with Crippen LogP contribution in [0.2, 0.25) is 0 Å². The van der Waals surface area contributed by atoms with Crippen LogP contribution in [-0.2, 0) is 42.9 Å². The third kappa shape index (κ3) is 7.40. The van der Waals surface area contributed by atoms with E-state index in [-0.39, 0.29) is 6.61 Å². The number of ether oxygens (including phenoxy) is 5. The molecule has 1 aromatic rings. The zero-order valence-corrected chi connectivity index (χ0v) is 18.2. The number of anilines is 1. The molecule has 0 aromatic carbocycles. The molecule has 170 valence electrons. The molecule has 2 heterocycles. The molecule has 5 atom stereocenters. The molecule has 31 heavy (non-hydrogen) atoms. The van der Waals surface area contributed by atoms with Crippen molar-refractivity contribution in [2.75, 3.05) is 12.3 Å². The van der Waals surface area contributed by atoms with Gasteiger partial charge in [-0.25, -0.2) is 4.98 Å². The first-order valence-corrected chi connectivity index (χ1v) is 10.1. The molecule has 1 aliphatic rings. The van der Waals surface area contributed by atoms with Crippen LogP contribution in [0.4, 0.5) is 5.69 Å². The molecular weight excluding hydrogens is 432 g/mol. The summed E-state index contributed by atoms with van der Waals surface area (Å²) in [5, 5.41) is 0.482. The van der Waals surface area contributed by atoms with Gasteiger partial charge in [0.05, 0.1) is 16.9 Å².